The summed E-state index contributed by atoms with van der Waals surface area (Å²) in [4.78, 5) is 26.3. The summed E-state index contributed by atoms with van der Waals surface area (Å²) < 4.78 is 20.0. The summed E-state index contributed by atoms with van der Waals surface area (Å²) in [6, 6.07) is 0.103. The fourth-order valence-corrected chi connectivity index (χ4v) is 4.62. The van der Waals surface area contributed by atoms with Crippen LogP contribution >= 0.6 is 0 Å². The van der Waals surface area contributed by atoms with E-state index in [1.165, 1.54) is 19.4 Å². The van der Waals surface area contributed by atoms with Gasteiger partial charge in [-0.15, -0.1) is 5.10 Å². The van der Waals surface area contributed by atoms with Crippen molar-refractivity contribution in [3.63, 3.8) is 0 Å². The van der Waals surface area contributed by atoms with E-state index in [0.717, 1.165) is 0 Å². The van der Waals surface area contributed by atoms with Crippen molar-refractivity contribution in [3.8, 4) is 0 Å². The normalized spacial score (nSPS) is 16.1. The summed E-state index contributed by atoms with van der Waals surface area (Å²) in [6.45, 7) is 8.16. The first-order chi connectivity index (χ1) is 12.6. The molecule has 0 N–H and O–H groups in total. The Labute approximate surface area is 157 Å². The van der Waals surface area contributed by atoms with E-state index in [0.29, 0.717) is 35.1 Å². The van der Waals surface area contributed by atoms with Gasteiger partial charge in [0.2, 0.25) is 0 Å². The van der Waals surface area contributed by atoms with E-state index < -0.39 is 15.6 Å². The molecule has 11 heteroatoms. The minimum absolute atomic E-state index is 0.103. The van der Waals surface area contributed by atoms with Gasteiger partial charge >= 0.3 is 0 Å². The molecule has 3 heterocycles. The molecule has 0 radical (unpaired) electrons. The van der Waals surface area contributed by atoms with E-state index in [1.807, 2.05) is 20.8 Å². The van der Waals surface area contributed by atoms with Gasteiger partial charge < -0.3 is 4.90 Å². The second kappa shape index (κ2) is 6.87. The maximum atomic E-state index is 13.0. The molecule has 1 unspecified atom stereocenters. The highest BCUT2D eigenvalue weighted by molar-refractivity contribution is 7.93. The number of nitrogens with zero attached hydrogens (tertiary/aromatic N) is 7. The molecular weight excluding hydrogens is 370 g/mol. The summed E-state index contributed by atoms with van der Waals surface area (Å²) in [5.41, 5.74) is 1.64. The van der Waals surface area contributed by atoms with Crippen LogP contribution in [0.15, 0.2) is 15.5 Å². The predicted octanol–water partition coefficient (Wildman–Crippen LogP) is 1.02. The van der Waals surface area contributed by atoms with Crippen molar-refractivity contribution < 1.29 is 13.8 Å². The van der Waals surface area contributed by atoms with Gasteiger partial charge in [-0.2, -0.15) is 9.46 Å². The van der Waals surface area contributed by atoms with E-state index >= 15 is 0 Å². The molecular formula is C16H23N7O3S. The van der Waals surface area contributed by atoms with Crippen molar-refractivity contribution in [3.05, 3.63) is 23.3 Å². The third-order valence-corrected chi connectivity index (χ3v) is 6.21. The van der Waals surface area contributed by atoms with Crippen LogP contribution in [0.2, 0.25) is 0 Å². The molecule has 146 valence electrons. The summed E-state index contributed by atoms with van der Waals surface area (Å²) in [5.74, 6) is -0.740. The van der Waals surface area contributed by atoms with Crippen molar-refractivity contribution in [1.29, 1.82) is 0 Å². The maximum Gasteiger partial charge on any atom is 0.276 e. The van der Waals surface area contributed by atoms with Crippen molar-refractivity contribution >= 4 is 21.5 Å². The van der Waals surface area contributed by atoms with Crippen LogP contribution in [-0.2, 0) is 27.6 Å². The van der Waals surface area contributed by atoms with Gasteiger partial charge in [-0.3, -0.25) is 14.3 Å². The largest absolute Gasteiger partial charge is 0.329 e. The Bertz CT molecular complexity index is 1030. The Morgan fingerprint density at radius 2 is 2.00 bits per heavy atom. The summed E-state index contributed by atoms with van der Waals surface area (Å²) in [6.07, 6.45) is 2.88. The molecule has 2 aromatic heterocycles. The lowest BCUT2D eigenvalue weighted by Gasteiger charge is -2.28. The Morgan fingerprint density at radius 1 is 1.30 bits per heavy atom. The first-order valence-corrected chi connectivity index (χ1v) is 10.5. The molecule has 0 bridgehead atoms. The molecule has 0 aliphatic carbocycles. The lowest BCUT2D eigenvalue weighted by Crippen LogP contribution is -2.39. The zero-order valence-electron chi connectivity index (χ0n) is 16.0. The fraction of sp³-hybridized carbons (Fsp3) is 0.562. The van der Waals surface area contributed by atoms with Crippen LogP contribution in [0, 0.1) is 6.92 Å². The molecule has 1 aliphatic rings. The maximum absolute atomic E-state index is 13.0. The van der Waals surface area contributed by atoms with E-state index in [4.69, 9.17) is 0 Å². The molecule has 2 amide bonds. The Morgan fingerprint density at radius 3 is 2.59 bits per heavy atom. The first-order valence-electron chi connectivity index (χ1n) is 8.60. The average Bonchev–Trinajstić information content (AvgIpc) is 3.16. The van der Waals surface area contributed by atoms with Crippen molar-refractivity contribution in [1.82, 2.24) is 29.7 Å². The highest BCUT2D eigenvalue weighted by Crippen LogP contribution is 2.24. The number of hydrogen-bond donors (Lipinski definition) is 0. The molecule has 1 aliphatic heterocycles. The summed E-state index contributed by atoms with van der Waals surface area (Å²) in [5, 5.41) is 12.3. The lowest BCUT2D eigenvalue weighted by atomic mass is 10.2. The van der Waals surface area contributed by atoms with Crippen LogP contribution in [0.5, 0.6) is 0 Å². The number of carbonyl (C=O) groups excluding carboxylic acids is 2. The van der Waals surface area contributed by atoms with Gasteiger partial charge in [0.1, 0.15) is 0 Å². The van der Waals surface area contributed by atoms with Crippen LogP contribution in [0.25, 0.3) is 0 Å². The molecule has 27 heavy (non-hydrogen) atoms. The molecule has 10 nitrogen and oxygen atoms in total. The lowest BCUT2D eigenvalue weighted by molar-refractivity contribution is -0.115. The van der Waals surface area contributed by atoms with Crippen LogP contribution in [0.4, 0.5) is 0 Å². The predicted molar refractivity (Wildman–Crippen MR) is 97.6 cm³/mol. The third-order valence-electron chi connectivity index (χ3n) is 4.45. The quantitative estimate of drug-likeness (QED) is 0.769. The van der Waals surface area contributed by atoms with E-state index in [1.54, 1.807) is 14.3 Å². The monoisotopic (exact) mass is 393 g/mol. The number of rotatable bonds is 3. The van der Waals surface area contributed by atoms with Gasteiger partial charge in [-0.25, -0.2) is 8.89 Å². The van der Waals surface area contributed by atoms with Crippen LogP contribution < -0.4 is 0 Å². The zero-order valence-corrected chi connectivity index (χ0v) is 16.9. The molecule has 1 atom stereocenters. The van der Waals surface area contributed by atoms with Gasteiger partial charge in [-0.05, 0) is 20.8 Å². The van der Waals surface area contributed by atoms with E-state index in [9.17, 15) is 13.8 Å². The third kappa shape index (κ3) is 3.51. The number of aromatic nitrogens is 5. The topological polar surface area (TPSA) is 115 Å². The zero-order chi connectivity index (χ0) is 19.9. The molecule has 3 rings (SSSR count). The number of carbonyl (C=O) groups is 2. The van der Waals surface area contributed by atoms with Crippen LogP contribution in [-0.4, -0.2) is 58.5 Å². The molecule has 0 saturated heterocycles. The van der Waals surface area contributed by atoms with Gasteiger partial charge in [0, 0.05) is 25.8 Å². The van der Waals surface area contributed by atoms with Crippen molar-refractivity contribution in [2.24, 2.45) is 4.36 Å². The van der Waals surface area contributed by atoms with Gasteiger partial charge in [-0.1, -0.05) is 5.21 Å². The van der Waals surface area contributed by atoms with Gasteiger partial charge in [0.15, 0.2) is 5.69 Å². The Hall–Kier alpha value is -2.56. The fourth-order valence-electron chi connectivity index (χ4n) is 3.18. The standard InChI is InChI=1S/C16H23N7O3S/c1-10(2)23-11(3)15(18-20-23)16(25)21-6-7-22-13(9-21)14(8-17-22)27(5,26)19-12(4)24/h8,10H,6-7,9H2,1-5H3. The number of amides is 2. The SMILES string of the molecule is CC(=O)N=S(C)(=O)c1cnn2c1CN(C(=O)c1nnn(C(C)C)c1C)CC2. The smallest absolute Gasteiger partial charge is 0.276 e. The first kappa shape index (κ1) is 19.2. The van der Waals surface area contributed by atoms with Crippen LogP contribution in [0.1, 0.15) is 48.7 Å². The molecule has 0 fully saturated rings. The minimum Gasteiger partial charge on any atom is -0.329 e. The average molecular weight is 393 g/mol. The molecule has 2 aromatic rings. The van der Waals surface area contributed by atoms with Crippen LogP contribution in [0.3, 0.4) is 0 Å². The van der Waals surface area contributed by atoms with Gasteiger partial charge in [0.05, 0.1) is 45.3 Å². The molecule has 0 saturated carbocycles. The Balaban J connectivity index is 1.93. The van der Waals surface area contributed by atoms with Gasteiger partial charge in [0.25, 0.3) is 11.8 Å². The summed E-state index contributed by atoms with van der Waals surface area (Å²) in [7, 11) is -2.91. The Kier molecular flexibility index (Phi) is 4.89. The number of hydrogen-bond acceptors (Lipinski definition) is 6. The van der Waals surface area contributed by atoms with Crippen molar-refractivity contribution in [2.45, 2.75) is 51.7 Å². The second-order valence-corrected chi connectivity index (χ2v) is 9.11. The highest BCUT2D eigenvalue weighted by Gasteiger charge is 2.30. The van der Waals surface area contributed by atoms with E-state index in [-0.39, 0.29) is 18.5 Å². The van der Waals surface area contributed by atoms with E-state index in [2.05, 4.69) is 19.8 Å². The minimum atomic E-state index is -2.91. The van der Waals surface area contributed by atoms with Crippen molar-refractivity contribution in [2.75, 3.05) is 12.8 Å². The molecule has 0 spiro atoms. The second-order valence-electron chi connectivity index (χ2n) is 6.88. The molecule has 0 aromatic carbocycles. The summed E-state index contributed by atoms with van der Waals surface area (Å²) >= 11 is 0. The highest BCUT2D eigenvalue weighted by atomic mass is 32.2. The number of fused-ring (bicyclic) bond motifs is 1.